The Morgan fingerprint density at radius 2 is 2.00 bits per heavy atom. The highest BCUT2D eigenvalue weighted by Crippen LogP contribution is 2.26. The summed E-state index contributed by atoms with van der Waals surface area (Å²) < 4.78 is 22.3. The van der Waals surface area contributed by atoms with Crippen LogP contribution in [0.1, 0.15) is 29.9 Å². The van der Waals surface area contributed by atoms with Crippen LogP contribution in [0.5, 0.6) is 0 Å². The van der Waals surface area contributed by atoms with Crippen molar-refractivity contribution in [2.75, 3.05) is 5.32 Å². The average Bonchev–Trinajstić information content (AvgIpc) is 3.14. The van der Waals surface area contributed by atoms with Gasteiger partial charge < -0.3 is 9.84 Å². The molecule has 2 aromatic heterocycles. The fraction of sp³-hybridized carbons (Fsp3) is 0.250. The van der Waals surface area contributed by atoms with Crippen molar-refractivity contribution >= 4 is 22.6 Å². The second-order valence-corrected chi connectivity index (χ2v) is 6.13. The number of nitrogens with zero attached hydrogens (tertiary/aromatic N) is 3. The summed E-state index contributed by atoms with van der Waals surface area (Å²) in [6, 6.07) is 5.87. The molecule has 0 saturated carbocycles. The predicted molar refractivity (Wildman–Crippen MR) is 88.3 cm³/mol. The molecule has 0 radical (unpaired) electrons. The summed E-state index contributed by atoms with van der Waals surface area (Å²) in [5.74, 6) is 0.108. The van der Waals surface area contributed by atoms with E-state index in [4.69, 9.17) is 4.52 Å². The second-order valence-electron chi connectivity index (χ2n) is 5.38. The van der Waals surface area contributed by atoms with Gasteiger partial charge in [-0.2, -0.15) is 9.36 Å². The predicted octanol–water partition coefficient (Wildman–Crippen LogP) is 3.69. The fourth-order valence-electron chi connectivity index (χ4n) is 2.44. The largest absolute Gasteiger partial charge is 0.361 e. The summed E-state index contributed by atoms with van der Waals surface area (Å²) in [7, 11) is 0. The minimum Gasteiger partial charge on any atom is -0.361 e. The Kier molecular flexibility index (Phi) is 4.39. The van der Waals surface area contributed by atoms with Crippen LogP contribution in [0.2, 0.25) is 0 Å². The van der Waals surface area contributed by atoms with Crippen LogP contribution in [-0.4, -0.2) is 20.4 Å². The molecule has 1 atom stereocenters. The second kappa shape index (κ2) is 6.48. The van der Waals surface area contributed by atoms with Gasteiger partial charge in [0.15, 0.2) is 5.82 Å². The lowest BCUT2D eigenvalue weighted by Crippen LogP contribution is -2.19. The lowest BCUT2D eigenvalue weighted by atomic mass is 9.99. The number of nitrogens with one attached hydrogen (secondary N) is 1. The number of carbonyl (C=O) groups is 1. The van der Waals surface area contributed by atoms with Crippen molar-refractivity contribution in [3.8, 4) is 11.4 Å². The van der Waals surface area contributed by atoms with Crippen LogP contribution in [0.15, 0.2) is 28.8 Å². The molecule has 3 aromatic rings. The number of hydrogen-bond acceptors (Lipinski definition) is 6. The average molecular weight is 346 g/mol. The Labute approximate surface area is 141 Å². The van der Waals surface area contributed by atoms with E-state index in [-0.39, 0.29) is 11.7 Å². The van der Waals surface area contributed by atoms with Gasteiger partial charge in [-0.1, -0.05) is 5.16 Å². The zero-order valence-corrected chi connectivity index (χ0v) is 14.1. The molecule has 24 heavy (non-hydrogen) atoms. The highest BCUT2D eigenvalue weighted by Gasteiger charge is 2.23. The molecule has 0 unspecified atom stereocenters. The maximum Gasteiger partial charge on any atom is 0.233 e. The number of benzene rings is 1. The molecule has 1 amide bonds. The number of rotatable bonds is 4. The quantitative estimate of drug-likeness (QED) is 0.779. The fourth-order valence-corrected chi connectivity index (χ4v) is 3.04. The van der Waals surface area contributed by atoms with Gasteiger partial charge in [0.2, 0.25) is 11.0 Å². The Morgan fingerprint density at radius 1 is 1.29 bits per heavy atom. The number of hydrogen-bond donors (Lipinski definition) is 1. The van der Waals surface area contributed by atoms with Gasteiger partial charge >= 0.3 is 0 Å². The van der Waals surface area contributed by atoms with Gasteiger partial charge in [-0.15, -0.1) is 0 Å². The maximum absolute atomic E-state index is 13.0. The third kappa shape index (κ3) is 3.18. The van der Waals surface area contributed by atoms with Gasteiger partial charge in [0.1, 0.15) is 11.6 Å². The maximum atomic E-state index is 13.0. The van der Waals surface area contributed by atoms with E-state index in [9.17, 15) is 9.18 Å². The van der Waals surface area contributed by atoms with E-state index in [1.54, 1.807) is 32.9 Å². The Bertz CT molecular complexity index is 853. The van der Waals surface area contributed by atoms with Crippen LogP contribution < -0.4 is 5.32 Å². The molecule has 1 aromatic carbocycles. The van der Waals surface area contributed by atoms with Crippen molar-refractivity contribution in [2.45, 2.75) is 26.7 Å². The molecule has 3 rings (SSSR count). The van der Waals surface area contributed by atoms with E-state index in [0.717, 1.165) is 17.1 Å². The number of halogens is 1. The van der Waals surface area contributed by atoms with Gasteiger partial charge in [-0.25, -0.2) is 4.39 Å². The van der Waals surface area contributed by atoms with Crippen LogP contribution in [0.25, 0.3) is 11.4 Å². The van der Waals surface area contributed by atoms with Gasteiger partial charge in [0.05, 0.1) is 11.6 Å². The van der Waals surface area contributed by atoms with Gasteiger partial charge in [0.25, 0.3) is 0 Å². The molecule has 2 heterocycles. The van der Waals surface area contributed by atoms with E-state index in [2.05, 4.69) is 19.8 Å². The summed E-state index contributed by atoms with van der Waals surface area (Å²) in [5.41, 5.74) is 2.15. The first kappa shape index (κ1) is 16.3. The summed E-state index contributed by atoms with van der Waals surface area (Å²) in [6.45, 7) is 5.35. The van der Waals surface area contributed by atoms with Crippen LogP contribution in [0.3, 0.4) is 0 Å². The zero-order chi connectivity index (χ0) is 17.3. The number of anilines is 1. The molecule has 0 aliphatic heterocycles. The minimum atomic E-state index is -0.422. The van der Waals surface area contributed by atoms with Gasteiger partial charge in [-0.3, -0.25) is 4.79 Å². The van der Waals surface area contributed by atoms with E-state index in [1.165, 1.54) is 12.1 Å². The standard InChI is InChI=1S/C16H15FN4O2S/c1-8(13-9(2)20-23-10(13)3)15(22)19-16-18-14(21-24-16)11-4-6-12(17)7-5-11/h4-8H,1-3H3,(H,18,19,21,22)/t8-/m0/s1. The first-order valence-corrected chi connectivity index (χ1v) is 8.06. The van der Waals surface area contributed by atoms with E-state index < -0.39 is 5.92 Å². The zero-order valence-electron chi connectivity index (χ0n) is 13.3. The Hall–Kier alpha value is -2.61. The molecule has 6 nitrogen and oxygen atoms in total. The SMILES string of the molecule is Cc1noc(C)c1[C@H](C)C(=O)Nc1nc(-c2ccc(F)cc2)ns1. The Morgan fingerprint density at radius 3 is 2.62 bits per heavy atom. The molecule has 0 saturated heterocycles. The van der Waals surface area contributed by atoms with Crippen molar-refractivity contribution in [2.24, 2.45) is 0 Å². The monoisotopic (exact) mass is 346 g/mol. The van der Waals surface area contributed by atoms with E-state index in [1.807, 2.05) is 0 Å². The van der Waals surface area contributed by atoms with Crippen molar-refractivity contribution in [3.05, 3.63) is 47.1 Å². The number of aromatic nitrogens is 3. The molecule has 0 aliphatic carbocycles. The molecule has 0 spiro atoms. The van der Waals surface area contributed by atoms with Crippen molar-refractivity contribution < 1.29 is 13.7 Å². The highest BCUT2D eigenvalue weighted by atomic mass is 32.1. The van der Waals surface area contributed by atoms with Gasteiger partial charge in [0, 0.05) is 22.7 Å². The highest BCUT2D eigenvalue weighted by molar-refractivity contribution is 7.10. The summed E-state index contributed by atoms with van der Waals surface area (Å²) >= 11 is 1.07. The van der Waals surface area contributed by atoms with Crippen molar-refractivity contribution in [1.29, 1.82) is 0 Å². The molecular formula is C16H15FN4O2S. The van der Waals surface area contributed by atoms with Crippen LogP contribution in [0, 0.1) is 19.7 Å². The lowest BCUT2D eigenvalue weighted by Gasteiger charge is -2.09. The lowest BCUT2D eigenvalue weighted by molar-refractivity contribution is -0.117. The summed E-state index contributed by atoms with van der Waals surface area (Å²) in [5, 5.41) is 7.00. The molecule has 1 N–H and O–H groups in total. The summed E-state index contributed by atoms with van der Waals surface area (Å²) in [6.07, 6.45) is 0. The number of carbonyl (C=O) groups excluding carboxylic acids is 1. The molecule has 8 heteroatoms. The third-order valence-electron chi connectivity index (χ3n) is 3.67. The van der Waals surface area contributed by atoms with Crippen LogP contribution >= 0.6 is 11.5 Å². The van der Waals surface area contributed by atoms with Gasteiger partial charge in [-0.05, 0) is 45.0 Å². The third-order valence-corrected chi connectivity index (χ3v) is 4.30. The number of amides is 1. The van der Waals surface area contributed by atoms with Crippen molar-refractivity contribution in [3.63, 3.8) is 0 Å². The number of aryl methyl sites for hydroxylation is 2. The first-order chi connectivity index (χ1) is 11.5. The van der Waals surface area contributed by atoms with E-state index in [0.29, 0.717) is 28.0 Å². The normalized spacial score (nSPS) is 12.2. The smallest absolute Gasteiger partial charge is 0.233 e. The van der Waals surface area contributed by atoms with Crippen LogP contribution in [0.4, 0.5) is 9.52 Å². The molecular weight excluding hydrogens is 331 g/mol. The molecule has 0 bridgehead atoms. The molecule has 0 fully saturated rings. The Balaban J connectivity index is 1.75. The van der Waals surface area contributed by atoms with E-state index >= 15 is 0 Å². The topological polar surface area (TPSA) is 80.9 Å². The van der Waals surface area contributed by atoms with Crippen LogP contribution in [-0.2, 0) is 4.79 Å². The van der Waals surface area contributed by atoms with Crippen molar-refractivity contribution in [1.82, 2.24) is 14.5 Å². The summed E-state index contributed by atoms with van der Waals surface area (Å²) in [4.78, 5) is 16.7. The molecule has 124 valence electrons. The first-order valence-electron chi connectivity index (χ1n) is 7.29. The molecule has 0 aliphatic rings. The minimum absolute atomic E-state index is 0.216.